The van der Waals surface area contributed by atoms with E-state index in [1.165, 1.54) is 11.3 Å². The number of imidazole rings is 1. The van der Waals surface area contributed by atoms with Crippen molar-refractivity contribution >= 4 is 34.2 Å². The van der Waals surface area contributed by atoms with Gasteiger partial charge in [0.25, 0.3) is 5.91 Å². The van der Waals surface area contributed by atoms with Gasteiger partial charge in [0.1, 0.15) is 5.82 Å². The minimum atomic E-state index is -0.123. The molecule has 1 aliphatic carbocycles. The van der Waals surface area contributed by atoms with E-state index in [1.54, 1.807) is 0 Å². The standard InChI is InChI=1S/C24H28N4O2S/c1-14(19-9-10-20(31-19)23(30)28-12-6-11-24(28,2)3)25-22(29)16-13-15(16)21-26-17-7-4-5-8-18(17)27-21/h4-5,7-10,14-16H,6,11-13H2,1-3H3,(H,25,29)(H,26,27)/t14-,15-,16-/m1/s1. The van der Waals surface area contributed by atoms with Crippen molar-refractivity contribution in [1.82, 2.24) is 20.2 Å². The van der Waals surface area contributed by atoms with Gasteiger partial charge in [0.05, 0.1) is 22.0 Å². The number of hydrogen-bond donors (Lipinski definition) is 2. The molecular weight excluding hydrogens is 408 g/mol. The quantitative estimate of drug-likeness (QED) is 0.613. The molecule has 5 rings (SSSR count). The molecule has 0 radical (unpaired) electrons. The maximum Gasteiger partial charge on any atom is 0.264 e. The smallest absolute Gasteiger partial charge is 0.264 e. The molecule has 31 heavy (non-hydrogen) atoms. The molecule has 2 N–H and O–H groups in total. The Bertz CT molecular complexity index is 1110. The minimum absolute atomic E-state index is 0.0468. The van der Waals surface area contributed by atoms with Gasteiger partial charge in [-0.05, 0) is 64.3 Å². The fraction of sp³-hybridized carbons (Fsp3) is 0.458. The summed E-state index contributed by atoms with van der Waals surface area (Å²) in [5.74, 6) is 1.16. The van der Waals surface area contributed by atoms with Gasteiger partial charge in [0.15, 0.2) is 0 Å². The molecule has 0 spiro atoms. The molecule has 1 saturated carbocycles. The molecule has 1 saturated heterocycles. The van der Waals surface area contributed by atoms with Gasteiger partial charge in [-0.3, -0.25) is 9.59 Å². The summed E-state index contributed by atoms with van der Waals surface area (Å²) in [5, 5.41) is 3.13. The van der Waals surface area contributed by atoms with E-state index in [0.29, 0.717) is 0 Å². The van der Waals surface area contributed by atoms with Crippen LogP contribution >= 0.6 is 11.3 Å². The number of likely N-dealkylation sites (tertiary alicyclic amines) is 1. The highest BCUT2D eigenvalue weighted by Crippen LogP contribution is 2.47. The van der Waals surface area contributed by atoms with Crippen molar-refractivity contribution in [2.24, 2.45) is 5.92 Å². The third-order valence-corrected chi connectivity index (χ3v) is 7.91. The van der Waals surface area contributed by atoms with Crippen molar-refractivity contribution in [2.45, 2.75) is 57.5 Å². The number of carbonyl (C=O) groups excluding carboxylic acids is 2. The highest BCUT2D eigenvalue weighted by atomic mass is 32.1. The second-order valence-electron chi connectivity index (χ2n) is 9.39. The Morgan fingerprint density at radius 2 is 2.06 bits per heavy atom. The fourth-order valence-electron chi connectivity index (χ4n) is 4.64. The molecule has 6 nitrogen and oxygen atoms in total. The van der Waals surface area contributed by atoms with Gasteiger partial charge in [-0.1, -0.05) is 12.1 Å². The second kappa shape index (κ2) is 7.48. The first-order valence-electron chi connectivity index (χ1n) is 11.0. The average Bonchev–Trinajstić information content (AvgIpc) is 3.06. The van der Waals surface area contributed by atoms with Crippen LogP contribution in [-0.4, -0.2) is 38.8 Å². The number of nitrogens with one attached hydrogen (secondary N) is 2. The second-order valence-corrected chi connectivity index (χ2v) is 10.5. The number of H-pyrrole nitrogens is 1. The monoisotopic (exact) mass is 436 g/mol. The molecule has 162 valence electrons. The maximum atomic E-state index is 13.0. The number of carbonyl (C=O) groups is 2. The van der Waals surface area contributed by atoms with Gasteiger partial charge < -0.3 is 15.2 Å². The lowest BCUT2D eigenvalue weighted by atomic mass is 10.0. The third-order valence-electron chi connectivity index (χ3n) is 6.66. The van der Waals surface area contributed by atoms with Crippen LogP contribution in [0.5, 0.6) is 0 Å². The summed E-state index contributed by atoms with van der Waals surface area (Å²) >= 11 is 1.49. The number of amides is 2. The van der Waals surface area contributed by atoms with E-state index >= 15 is 0 Å². The van der Waals surface area contributed by atoms with Crippen LogP contribution in [0.25, 0.3) is 11.0 Å². The van der Waals surface area contributed by atoms with Crippen LogP contribution in [-0.2, 0) is 4.79 Å². The summed E-state index contributed by atoms with van der Waals surface area (Å²) in [5.41, 5.74) is 1.86. The SMILES string of the molecule is C[C@@H](NC(=O)[C@@H]1C[C@H]1c1nc2ccccc2[nH]1)c1ccc(C(=O)N2CCCC2(C)C)s1. The number of nitrogens with zero attached hydrogens (tertiary/aromatic N) is 2. The predicted octanol–water partition coefficient (Wildman–Crippen LogP) is 4.62. The Balaban J connectivity index is 1.21. The summed E-state index contributed by atoms with van der Waals surface area (Å²) < 4.78 is 0. The zero-order valence-corrected chi connectivity index (χ0v) is 19.0. The van der Waals surface area contributed by atoms with Gasteiger partial charge in [0.2, 0.25) is 5.91 Å². The number of hydrogen-bond acceptors (Lipinski definition) is 4. The van der Waals surface area contributed by atoms with E-state index in [0.717, 1.165) is 52.4 Å². The number of rotatable bonds is 5. The third kappa shape index (κ3) is 3.76. The number of thiophene rings is 1. The zero-order chi connectivity index (χ0) is 21.8. The fourth-order valence-corrected chi connectivity index (χ4v) is 5.60. The molecule has 3 aromatic rings. The molecule has 0 unspecified atom stereocenters. The summed E-state index contributed by atoms with van der Waals surface area (Å²) in [4.78, 5) is 37.5. The number of aromatic nitrogens is 2. The van der Waals surface area contributed by atoms with E-state index in [-0.39, 0.29) is 35.2 Å². The summed E-state index contributed by atoms with van der Waals surface area (Å²) in [7, 11) is 0. The van der Waals surface area contributed by atoms with Crippen molar-refractivity contribution in [3.8, 4) is 0 Å². The Labute approximate surface area is 186 Å². The van der Waals surface area contributed by atoms with E-state index in [9.17, 15) is 9.59 Å². The molecular formula is C24H28N4O2S. The Morgan fingerprint density at radius 3 is 2.81 bits per heavy atom. The van der Waals surface area contributed by atoms with Crippen LogP contribution in [0.3, 0.4) is 0 Å². The maximum absolute atomic E-state index is 13.0. The van der Waals surface area contributed by atoms with Crippen LogP contribution in [0.4, 0.5) is 0 Å². The molecule has 7 heteroatoms. The summed E-state index contributed by atoms with van der Waals surface area (Å²) in [6.45, 7) is 7.05. The van der Waals surface area contributed by atoms with Crippen molar-refractivity contribution in [3.05, 3.63) is 52.0 Å². The van der Waals surface area contributed by atoms with E-state index in [4.69, 9.17) is 0 Å². The van der Waals surface area contributed by atoms with Crippen LogP contribution in [0, 0.1) is 5.92 Å². The lowest BCUT2D eigenvalue weighted by Crippen LogP contribution is -2.42. The minimum Gasteiger partial charge on any atom is -0.349 e. The number of aromatic amines is 1. The molecule has 2 aliphatic rings. The lowest BCUT2D eigenvalue weighted by molar-refractivity contribution is -0.123. The Kier molecular flexibility index (Phi) is 4.88. The normalized spacial score (nSPS) is 23.1. The molecule has 2 amide bonds. The van der Waals surface area contributed by atoms with Crippen molar-refractivity contribution in [2.75, 3.05) is 6.54 Å². The molecule has 3 heterocycles. The van der Waals surface area contributed by atoms with Gasteiger partial charge in [-0.15, -0.1) is 11.3 Å². The van der Waals surface area contributed by atoms with Crippen molar-refractivity contribution in [3.63, 3.8) is 0 Å². The number of para-hydroxylation sites is 2. The Morgan fingerprint density at radius 1 is 1.26 bits per heavy atom. The van der Waals surface area contributed by atoms with Crippen molar-refractivity contribution in [1.29, 1.82) is 0 Å². The van der Waals surface area contributed by atoms with Crippen LogP contribution < -0.4 is 5.32 Å². The highest BCUT2D eigenvalue weighted by Gasteiger charge is 2.46. The van der Waals surface area contributed by atoms with Crippen LogP contribution in [0.1, 0.15) is 72.4 Å². The van der Waals surface area contributed by atoms with Gasteiger partial charge in [-0.25, -0.2) is 4.98 Å². The predicted molar refractivity (Wildman–Crippen MR) is 122 cm³/mol. The zero-order valence-electron chi connectivity index (χ0n) is 18.1. The van der Waals surface area contributed by atoms with Gasteiger partial charge in [-0.2, -0.15) is 0 Å². The first kappa shape index (κ1) is 20.2. The van der Waals surface area contributed by atoms with Crippen molar-refractivity contribution < 1.29 is 9.59 Å². The molecule has 1 aromatic carbocycles. The average molecular weight is 437 g/mol. The van der Waals surface area contributed by atoms with E-state index in [2.05, 4.69) is 29.1 Å². The first-order chi connectivity index (χ1) is 14.8. The summed E-state index contributed by atoms with van der Waals surface area (Å²) in [6.07, 6.45) is 2.91. The topological polar surface area (TPSA) is 78.1 Å². The van der Waals surface area contributed by atoms with Crippen LogP contribution in [0.15, 0.2) is 36.4 Å². The van der Waals surface area contributed by atoms with Crippen LogP contribution in [0.2, 0.25) is 0 Å². The number of benzene rings is 1. The molecule has 3 atom stereocenters. The molecule has 0 bridgehead atoms. The summed E-state index contributed by atoms with van der Waals surface area (Å²) in [6, 6.07) is 11.7. The lowest BCUT2D eigenvalue weighted by Gasteiger charge is -2.31. The Hall–Kier alpha value is -2.67. The molecule has 2 aromatic heterocycles. The molecule has 1 aliphatic heterocycles. The molecule has 2 fully saturated rings. The van der Waals surface area contributed by atoms with E-state index < -0.39 is 0 Å². The largest absolute Gasteiger partial charge is 0.349 e. The first-order valence-corrected chi connectivity index (χ1v) is 11.8. The highest BCUT2D eigenvalue weighted by molar-refractivity contribution is 7.14. The van der Waals surface area contributed by atoms with E-state index in [1.807, 2.05) is 48.2 Å². The number of fused-ring (bicyclic) bond motifs is 1. The van der Waals surface area contributed by atoms with Gasteiger partial charge >= 0.3 is 0 Å². The van der Waals surface area contributed by atoms with Gasteiger partial charge in [0, 0.05) is 28.8 Å².